The van der Waals surface area contributed by atoms with Crippen molar-refractivity contribution >= 4 is 11.6 Å². The largest absolute Gasteiger partial charge is 0.307 e. The molecule has 98 valence electrons. The molecule has 0 saturated heterocycles. The Hall–Kier alpha value is -2.10. The number of carbonyl (C=O) groups is 1. The first-order valence-corrected chi connectivity index (χ1v) is 6.57. The summed E-state index contributed by atoms with van der Waals surface area (Å²) in [5.41, 5.74) is 3.76. The molecule has 4 heteroatoms. The molecule has 1 amide bonds. The number of aromatic nitrogens is 2. The third-order valence-corrected chi connectivity index (χ3v) is 3.57. The van der Waals surface area contributed by atoms with Gasteiger partial charge in [0.25, 0.3) is 5.91 Å². The van der Waals surface area contributed by atoms with E-state index in [0.717, 1.165) is 30.6 Å². The zero-order valence-electron chi connectivity index (χ0n) is 11.3. The van der Waals surface area contributed by atoms with Gasteiger partial charge in [-0.2, -0.15) is 5.10 Å². The maximum Gasteiger partial charge on any atom is 0.279 e. The molecule has 0 N–H and O–H groups in total. The highest BCUT2D eigenvalue weighted by molar-refractivity contribution is 6.06. The predicted octanol–water partition coefficient (Wildman–Crippen LogP) is 2.32. The van der Waals surface area contributed by atoms with Crippen molar-refractivity contribution in [2.24, 2.45) is 7.05 Å². The van der Waals surface area contributed by atoms with E-state index in [1.165, 1.54) is 5.56 Å². The molecule has 0 spiro atoms. The number of anilines is 1. The molecule has 4 nitrogen and oxygen atoms in total. The van der Waals surface area contributed by atoms with Crippen LogP contribution in [-0.4, -0.2) is 22.2 Å². The van der Waals surface area contributed by atoms with Crippen LogP contribution in [0.25, 0.3) is 0 Å². The zero-order chi connectivity index (χ0) is 13.4. The Kier molecular flexibility index (Phi) is 2.85. The van der Waals surface area contributed by atoms with Gasteiger partial charge in [-0.3, -0.25) is 9.48 Å². The first-order valence-electron chi connectivity index (χ1n) is 6.57. The van der Waals surface area contributed by atoms with Crippen LogP contribution in [0, 0.1) is 6.92 Å². The lowest BCUT2D eigenvalue weighted by Crippen LogP contribution is -2.36. The highest BCUT2D eigenvalue weighted by atomic mass is 16.2. The van der Waals surface area contributed by atoms with E-state index in [4.69, 9.17) is 0 Å². The standard InChI is InChI=1S/C15H17N3O/c1-11-10-17(2)16-14(11)15(19)18-9-5-7-12-6-3-4-8-13(12)18/h3-4,6,8,10H,5,7,9H2,1-2H3. The van der Waals surface area contributed by atoms with Crippen molar-refractivity contribution in [1.29, 1.82) is 0 Å². The third-order valence-electron chi connectivity index (χ3n) is 3.57. The van der Waals surface area contributed by atoms with Crippen molar-refractivity contribution in [1.82, 2.24) is 9.78 Å². The van der Waals surface area contributed by atoms with Crippen LogP contribution in [0.5, 0.6) is 0 Å². The van der Waals surface area contributed by atoms with E-state index in [0.29, 0.717) is 5.69 Å². The predicted molar refractivity (Wildman–Crippen MR) is 74.4 cm³/mol. The highest BCUT2D eigenvalue weighted by Gasteiger charge is 2.25. The Morgan fingerprint density at radius 2 is 2.11 bits per heavy atom. The third kappa shape index (κ3) is 2.03. The second-order valence-corrected chi connectivity index (χ2v) is 5.02. The Morgan fingerprint density at radius 1 is 1.32 bits per heavy atom. The van der Waals surface area contributed by atoms with Crippen LogP contribution in [0.2, 0.25) is 0 Å². The molecule has 3 rings (SSSR count). The van der Waals surface area contributed by atoms with Crippen molar-refractivity contribution in [2.45, 2.75) is 19.8 Å². The van der Waals surface area contributed by atoms with Gasteiger partial charge in [0.05, 0.1) is 0 Å². The van der Waals surface area contributed by atoms with E-state index in [9.17, 15) is 4.79 Å². The molecule has 0 aliphatic carbocycles. The van der Waals surface area contributed by atoms with Crippen molar-refractivity contribution in [3.63, 3.8) is 0 Å². The molecular formula is C15H17N3O. The number of rotatable bonds is 1. The van der Waals surface area contributed by atoms with Crippen molar-refractivity contribution in [3.05, 3.63) is 47.3 Å². The molecular weight excluding hydrogens is 238 g/mol. The number of carbonyl (C=O) groups excluding carboxylic acids is 1. The molecule has 0 unspecified atom stereocenters. The van der Waals surface area contributed by atoms with Gasteiger partial charge in [0.1, 0.15) is 0 Å². The van der Waals surface area contributed by atoms with Crippen LogP contribution >= 0.6 is 0 Å². The lowest BCUT2D eigenvalue weighted by Gasteiger charge is -2.29. The van der Waals surface area contributed by atoms with E-state index in [-0.39, 0.29) is 5.91 Å². The van der Waals surface area contributed by atoms with Crippen molar-refractivity contribution in [3.8, 4) is 0 Å². The van der Waals surface area contributed by atoms with Gasteiger partial charge in [0, 0.05) is 31.0 Å². The quantitative estimate of drug-likeness (QED) is 0.784. The normalized spacial score (nSPS) is 14.3. The lowest BCUT2D eigenvalue weighted by molar-refractivity contribution is 0.0979. The van der Waals surface area contributed by atoms with Crippen LogP contribution in [0.4, 0.5) is 5.69 Å². The summed E-state index contributed by atoms with van der Waals surface area (Å²) >= 11 is 0. The summed E-state index contributed by atoms with van der Waals surface area (Å²) in [6.07, 6.45) is 3.93. The second-order valence-electron chi connectivity index (χ2n) is 5.02. The van der Waals surface area contributed by atoms with Gasteiger partial charge in [0.2, 0.25) is 0 Å². The molecule has 0 atom stereocenters. The minimum Gasteiger partial charge on any atom is -0.307 e. The molecule has 1 aromatic carbocycles. The zero-order valence-corrected chi connectivity index (χ0v) is 11.3. The fourth-order valence-electron chi connectivity index (χ4n) is 2.69. The first-order chi connectivity index (χ1) is 9.16. The average molecular weight is 255 g/mol. The molecule has 0 fully saturated rings. The summed E-state index contributed by atoms with van der Waals surface area (Å²) in [7, 11) is 1.84. The highest BCUT2D eigenvalue weighted by Crippen LogP contribution is 2.28. The fraction of sp³-hybridized carbons (Fsp3) is 0.333. The molecule has 2 aromatic rings. The number of para-hydroxylation sites is 1. The number of aryl methyl sites for hydroxylation is 3. The van der Waals surface area contributed by atoms with E-state index in [2.05, 4.69) is 11.2 Å². The fourth-order valence-corrected chi connectivity index (χ4v) is 2.69. The van der Waals surface area contributed by atoms with Gasteiger partial charge in [-0.15, -0.1) is 0 Å². The number of hydrogen-bond acceptors (Lipinski definition) is 2. The smallest absolute Gasteiger partial charge is 0.279 e. The van der Waals surface area contributed by atoms with Gasteiger partial charge in [0.15, 0.2) is 5.69 Å². The number of hydrogen-bond donors (Lipinski definition) is 0. The van der Waals surface area contributed by atoms with E-state index in [1.54, 1.807) is 4.68 Å². The minimum atomic E-state index is 0.00486. The SMILES string of the molecule is Cc1cn(C)nc1C(=O)N1CCCc2ccccc21. The molecule has 0 radical (unpaired) electrons. The monoisotopic (exact) mass is 255 g/mol. The minimum absolute atomic E-state index is 0.00486. The molecule has 19 heavy (non-hydrogen) atoms. The molecule has 2 heterocycles. The van der Waals surface area contributed by atoms with Crippen molar-refractivity contribution < 1.29 is 4.79 Å². The van der Waals surface area contributed by atoms with Crippen LogP contribution < -0.4 is 4.90 Å². The van der Waals surface area contributed by atoms with Gasteiger partial charge >= 0.3 is 0 Å². The van der Waals surface area contributed by atoms with Gasteiger partial charge in [-0.1, -0.05) is 18.2 Å². The van der Waals surface area contributed by atoms with Crippen LogP contribution in [0.15, 0.2) is 30.5 Å². The second kappa shape index (κ2) is 4.53. The van der Waals surface area contributed by atoms with E-state index < -0.39 is 0 Å². The number of fused-ring (bicyclic) bond motifs is 1. The molecule has 0 bridgehead atoms. The first kappa shape index (κ1) is 12.0. The molecule has 1 aromatic heterocycles. The van der Waals surface area contributed by atoms with Gasteiger partial charge < -0.3 is 4.90 Å². The Bertz CT molecular complexity index is 630. The lowest BCUT2D eigenvalue weighted by atomic mass is 10.0. The van der Waals surface area contributed by atoms with Crippen LogP contribution in [0.1, 0.15) is 28.0 Å². The average Bonchev–Trinajstić information content (AvgIpc) is 2.76. The number of amides is 1. The summed E-state index contributed by atoms with van der Waals surface area (Å²) in [6, 6.07) is 8.12. The van der Waals surface area contributed by atoms with E-state index in [1.807, 2.05) is 43.3 Å². The summed E-state index contributed by atoms with van der Waals surface area (Å²) in [4.78, 5) is 14.5. The van der Waals surface area contributed by atoms with Gasteiger partial charge in [-0.05, 0) is 31.4 Å². The Morgan fingerprint density at radius 3 is 2.84 bits per heavy atom. The molecule has 1 aliphatic heterocycles. The molecule has 0 saturated carbocycles. The topological polar surface area (TPSA) is 38.1 Å². The Labute approximate surface area is 112 Å². The summed E-state index contributed by atoms with van der Waals surface area (Å²) in [5.74, 6) is 0.00486. The summed E-state index contributed by atoms with van der Waals surface area (Å²) in [5, 5.41) is 4.28. The maximum absolute atomic E-state index is 12.6. The van der Waals surface area contributed by atoms with Crippen molar-refractivity contribution in [2.75, 3.05) is 11.4 Å². The summed E-state index contributed by atoms with van der Waals surface area (Å²) < 4.78 is 1.69. The maximum atomic E-state index is 12.6. The van der Waals surface area contributed by atoms with Crippen LogP contribution in [-0.2, 0) is 13.5 Å². The summed E-state index contributed by atoms with van der Waals surface area (Å²) in [6.45, 7) is 2.70. The molecule has 1 aliphatic rings. The van der Waals surface area contributed by atoms with Crippen LogP contribution in [0.3, 0.4) is 0 Å². The van der Waals surface area contributed by atoms with Gasteiger partial charge in [-0.25, -0.2) is 0 Å². The number of nitrogens with zero attached hydrogens (tertiary/aromatic N) is 3. The Balaban J connectivity index is 2.00. The van der Waals surface area contributed by atoms with E-state index >= 15 is 0 Å². The number of benzene rings is 1.